The number of halogens is 1. The fourth-order valence-electron chi connectivity index (χ4n) is 5.20. The molecule has 1 atom stereocenters. The van der Waals surface area contributed by atoms with Crippen molar-refractivity contribution in [2.24, 2.45) is 5.73 Å². The molecule has 6 aromatic rings. The highest BCUT2D eigenvalue weighted by molar-refractivity contribution is 6.05. The molecule has 4 aromatic heterocycles. The number of carboxylic acids is 1. The predicted molar refractivity (Wildman–Crippen MR) is 156 cm³/mol. The normalized spacial score (nSPS) is 12.1. The molecule has 0 spiro atoms. The van der Waals surface area contributed by atoms with E-state index in [0.717, 1.165) is 16.5 Å². The van der Waals surface area contributed by atoms with Crippen LogP contribution in [0.15, 0.2) is 85.5 Å². The summed E-state index contributed by atoms with van der Waals surface area (Å²) in [5, 5.41) is 11.3. The van der Waals surface area contributed by atoms with Gasteiger partial charge in [0.05, 0.1) is 23.0 Å². The van der Waals surface area contributed by atoms with Gasteiger partial charge in [-0.1, -0.05) is 24.3 Å². The predicted octanol–water partition coefficient (Wildman–Crippen LogP) is 5.42. The zero-order chi connectivity index (χ0) is 29.4. The van der Waals surface area contributed by atoms with Crippen LogP contribution < -0.4 is 5.73 Å². The number of esters is 1. The Kier molecular flexibility index (Phi) is 6.97. The van der Waals surface area contributed by atoms with Crippen molar-refractivity contribution in [2.45, 2.75) is 19.4 Å². The van der Waals surface area contributed by atoms with Crippen LogP contribution in [-0.4, -0.2) is 49.0 Å². The number of nitrogens with one attached hydrogen (secondary N) is 1. The van der Waals surface area contributed by atoms with Crippen LogP contribution in [0.5, 0.6) is 0 Å². The van der Waals surface area contributed by atoms with Gasteiger partial charge in [0.1, 0.15) is 12.4 Å². The van der Waals surface area contributed by atoms with Crippen molar-refractivity contribution >= 4 is 28.4 Å². The molecule has 42 heavy (non-hydrogen) atoms. The lowest BCUT2D eigenvalue weighted by molar-refractivity contribution is 0.0465. The molecule has 0 saturated carbocycles. The first-order chi connectivity index (χ1) is 20.3. The van der Waals surface area contributed by atoms with Crippen LogP contribution in [0.25, 0.3) is 38.8 Å². The van der Waals surface area contributed by atoms with Gasteiger partial charge in [0, 0.05) is 52.2 Å². The van der Waals surface area contributed by atoms with E-state index in [1.165, 1.54) is 16.7 Å². The average Bonchev–Trinajstić information content (AvgIpc) is 3.61. The monoisotopic (exact) mass is 563 g/mol. The molecule has 9 nitrogen and oxygen atoms in total. The maximum Gasteiger partial charge on any atom is 0.374 e. The van der Waals surface area contributed by atoms with Gasteiger partial charge in [-0.2, -0.15) is 0 Å². The third-order valence-corrected chi connectivity index (χ3v) is 7.22. The van der Waals surface area contributed by atoms with Crippen molar-refractivity contribution in [3.8, 4) is 22.4 Å². The molecule has 0 saturated heterocycles. The van der Waals surface area contributed by atoms with Crippen LogP contribution >= 0.6 is 0 Å². The van der Waals surface area contributed by atoms with E-state index in [9.17, 15) is 19.1 Å². The number of hydrogen-bond donors (Lipinski definition) is 3. The van der Waals surface area contributed by atoms with E-state index in [1.807, 2.05) is 30.5 Å². The Bertz CT molecular complexity index is 1980. The number of H-pyrrole nitrogens is 1. The number of rotatable bonds is 8. The van der Waals surface area contributed by atoms with E-state index in [1.54, 1.807) is 49.6 Å². The zero-order valence-electron chi connectivity index (χ0n) is 22.5. The number of ether oxygens (including phenoxy) is 1. The Hall–Kier alpha value is -5.35. The fraction of sp³-hybridized carbons (Fsp3) is 0.125. The van der Waals surface area contributed by atoms with Crippen molar-refractivity contribution in [1.82, 2.24) is 19.4 Å². The molecule has 4 N–H and O–H groups in total. The number of aromatic carboxylic acids is 1. The summed E-state index contributed by atoms with van der Waals surface area (Å²) >= 11 is 0. The van der Waals surface area contributed by atoms with E-state index >= 15 is 0 Å². The first kappa shape index (κ1) is 26.9. The molecule has 2 aromatic carbocycles. The van der Waals surface area contributed by atoms with Gasteiger partial charge in [-0.05, 0) is 60.9 Å². The highest BCUT2D eigenvalue weighted by atomic mass is 19.1. The Morgan fingerprint density at radius 3 is 2.74 bits per heavy atom. The number of aromatic amines is 1. The van der Waals surface area contributed by atoms with Crippen LogP contribution in [0.3, 0.4) is 0 Å². The van der Waals surface area contributed by atoms with Crippen molar-refractivity contribution in [1.29, 1.82) is 0 Å². The van der Waals surface area contributed by atoms with Gasteiger partial charge in [-0.15, -0.1) is 0 Å². The number of aromatic nitrogens is 4. The molecule has 10 heteroatoms. The van der Waals surface area contributed by atoms with Crippen LogP contribution in [0.1, 0.15) is 32.1 Å². The lowest BCUT2D eigenvalue weighted by Gasteiger charge is -2.14. The first-order valence-electron chi connectivity index (χ1n) is 13.2. The van der Waals surface area contributed by atoms with Crippen LogP contribution in [0.4, 0.5) is 4.39 Å². The Morgan fingerprint density at radius 1 is 1.10 bits per heavy atom. The molecule has 0 aliphatic carbocycles. The number of imidazole rings is 1. The molecular formula is C32H26FN5O4. The van der Waals surface area contributed by atoms with Crippen molar-refractivity contribution in [3.63, 3.8) is 0 Å². The lowest BCUT2D eigenvalue weighted by Crippen LogP contribution is -2.30. The number of aryl methyl sites for hydroxylation is 1. The summed E-state index contributed by atoms with van der Waals surface area (Å²) in [7, 11) is 0. The quantitative estimate of drug-likeness (QED) is 0.211. The summed E-state index contributed by atoms with van der Waals surface area (Å²) in [6.07, 6.45) is 6.87. The number of nitrogens with two attached hydrogens (primary N) is 1. The van der Waals surface area contributed by atoms with Gasteiger partial charge in [0.25, 0.3) is 0 Å². The van der Waals surface area contributed by atoms with Gasteiger partial charge in [0.2, 0.25) is 5.82 Å². The Balaban J connectivity index is 1.28. The van der Waals surface area contributed by atoms with E-state index in [0.29, 0.717) is 34.4 Å². The van der Waals surface area contributed by atoms with Gasteiger partial charge in [0.15, 0.2) is 0 Å². The Labute approximate surface area is 239 Å². The SMILES string of the molecule is Cc1cc(-c2ncccc2-c2ccn3c(C(=O)OC[C@H](N)Cc4c[nH]c5ccccc45)ncc3c2C(=O)O)ccc1F. The molecule has 0 radical (unpaired) electrons. The maximum absolute atomic E-state index is 13.9. The van der Waals surface area contributed by atoms with E-state index in [-0.39, 0.29) is 29.3 Å². The summed E-state index contributed by atoms with van der Waals surface area (Å²) in [4.78, 5) is 37.4. The summed E-state index contributed by atoms with van der Waals surface area (Å²) < 4.78 is 20.8. The maximum atomic E-state index is 13.9. The number of carbonyl (C=O) groups excluding carboxylic acids is 1. The zero-order valence-corrected chi connectivity index (χ0v) is 22.5. The number of carbonyl (C=O) groups is 2. The minimum absolute atomic E-state index is 0.0484. The first-order valence-corrected chi connectivity index (χ1v) is 13.2. The van der Waals surface area contributed by atoms with E-state index in [2.05, 4.69) is 15.0 Å². The van der Waals surface area contributed by atoms with Crippen molar-refractivity contribution < 1.29 is 23.8 Å². The van der Waals surface area contributed by atoms with Gasteiger partial charge in [-0.3, -0.25) is 9.38 Å². The van der Waals surface area contributed by atoms with Crippen LogP contribution in [0, 0.1) is 12.7 Å². The second-order valence-corrected chi connectivity index (χ2v) is 10.0. The molecule has 210 valence electrons. The van der Waals surface area contributed by atoms with E-state index in [4.69, 9.17) is 10.5 Å². The molecule has 0 aliphatic heterocycles. The summed E-state index contributed by atoms with van der Waals surface area (Å²) in [5.74, 6) is -2.35. The van der Waals surface area contributed by atoms with E-state index < -0.39 is 18.0 Å². The molecular weight excluding hydrogens is 537 g/mol. The molecule has 6 rings (SSSR count). The lowest BCUT2D eigenvalue weighted by atomic mass is 9.95. The van der Waals surface area contributed by atoms with Crippen molar-refractivity contribution in [3.05, 3.63) is 114 Å². The molecule has 0 bridgehead atoms. The smallest absolute Gasteiger partial charge is 0.374 e. The second-order valence-electron chi connectivity index (χ2n) is 10.0. The topological polar surface area (TPSA) is 136 Å². The van der Waals surface area contributed by atoms with Crippen LogP contribution in [-0.2, 0) is 11.2 Å². The average molecular weight is 564 g/mol. The molecule has 4 heterocycles. The van der Waals surface area contributed by atoms with Gasteiger partial charge < -0.3 is 20.6 Å². The highest BCUT2D eigenvalue weighted by Gasteiger charge is 2.24. The minimum Gasteiger partial charge on any atom is -0.478 e. The number of para-hydroxylation sites is 1. The molecule has 0 amide bonds. The van der Waals surface area contributed by atoms with Gasteiger partial charge in [-0.25, -0.2) is 19.0 Å². The molecule has 0 aliphatic rings. The number of fused-ring (bicyclic) bond motifs is 2. The summed E-state index contributed by atoms with van der Waals surface area (Å²) in [6, 6.07) is 17.1. The molecule has 0 unspecified atom stereocenters. The Morgan fingerprint density at radius 2 is 1.93 bits per heavy atom. The highest BCUT2D eigenvalue weighted by Crippen LogP contribution is 2.35. The number of benzene rings is 2. The number of hydrogen-bond acceptors (Lipinski definition) is 6. The number of pyridine rings is 2. The summed E-state index contributed by atoms with van der Waals surface area (Å²) in [6.45, 7) is 1.60. The fourth-order valence-corrected chi connectivity index (χ4v) is 5.20. The minimum atomic E-state index is -1.21. The second kappa shape index (κ2) is 10.9. The largest absolute Gasteiger partial charge is 0.478 e. The number of carboxylic acid groups (broad SMARTS) is 1. The van der Waals surface area contributed by atoms with Crippen molar-refractivity contribution in [2.75, 3.05) is 6.61 Å². The van der Waals surface area contributed by atoms with Crippen LogP contribution in [0.2, 0.25) is 0 Å². The number of nitrogens with zero attached hydrogens (tertiary/aromatic N) is 3. The third-order valence-electron chi connectivity index (χ3n) is 7.22. The standard InChI is InChI=1S/C32H26FN5O4/c1-18-13-19(8-9-25(18)33)29-24(6-4-11-35-29)23-10-12-38-27(28(23)31(39)40)16-37-30(38)32(41)42-17-21(34)14-20-15-36-26-7-3-2-5-22(20)26/h2-13,15-16,21,36H,14,17,34H2,1H3,(H,39,40)/t21-/m1/s1. The third kappa shape index (κ3) is 4.88. The van der Waals surface area contributed by atoms with Gasteiger partial charge >= 0.3 is 11.9 Å². The molecule has 0 fully saturated rings. The summed E-state index contributed by atoms with van der Waals surface area (Å²) in [5.41, 5.74) is 10.9.